The molecule has 0 saturated carbocycles. The Morgan fingerprint density at radius 2 is 1.62 bits per heavy atom. The van der Waals surface area contributed by atoms with E-state index in [4.69, 9.17) is 21.1 Å². The Labute approximate surface area is 240 Å². The first-order valence-corrected chi connectivity index (χ1v) is 14.5. The van der Waals surface area contributed by atoms with Gasteiger partial charge in [-0.25, -0.2) is 8.42 Å². The molecule has 3 aromatic carbocycles. The normalized spacial score (nSPS) is 11.8. The molecule has 0 aliphatic heterocycles. The summed E-state index contributed by atoms with van der Waals surface area (Å²) in [4.78, 5) is 28.1. The molecule has 1 atom stereocenters. The van der Waals surface area contributed by atoms with Crippen LogP contribution in [0.2, 0.25) is 5.02 Å². The van der Waals surface area contributed by atoms with Crippen LogP contribution in [-0.4, -0.2) is 58.5 Å². The number of nitrogens with one attached hydrogen (secondary N) is 1. The lowest BCUT2D eigenvalue weighted by Crippen LogP contribution is -2.51. The van der Waals surface area contributed by atoms with E-state index in [0.717, 1.165) is 15.4 Å². The molecule has 40 heavy (non-hydrogen) atoms. The lowest BCUT2D eigenvalue weighted by molar-refractivity contribution is -0.139. The fourth-order valence-electron chi connectivity index (χ4n) is 4.04. The quantitative estimate of drug-likeness (QED) is 0.336. The number of carbonyl (C=O) groups excluding carboxylic acids is 2. The number of sulfonamides is 1. The first kappa shape index (κ1) is 30.8. The minimum atomic E-state index is -4.26. The third-order valence-corrected chi connectivity index (χ3v) is 8.34. The monoisotopic (exact) mass is 587 g/mol. The number of benzene rings is 3. The van der Waals surface area contributed by atoms with Gasteiger partial charge in [-0.2, -0.15) is 0 Å². The van der Waals surface area contributed by atoms with E-state index in [1.54, 1.807) is 63.4 Å². The van der Waals surface area contributed by atoms with Gasteiger partial charge in [0.25, 0.3) is 10.0 Å². The van der Waals surface area contributed by atoms with E-state index in [9.17, 15) is 18.0 Å². The van der Waals surface area contributed by atoms with E-state index in [-0.39, 0.29) is 33.8 Å². The van der Waals surface area contributed by atoms with Gasteiger partial charge in [-0.3, -0.25) is 13.9 Å². The van der Waals surface area contributed by atoms with Crippen LogP contribution in [0.15, 0.2) is 71.6 Å². The first-order chi connectivity index (χ1) is 19.0. The number of amides is 2. The molecule has 2 amide bonds. The molecule has 9 nitrogen and oxygen atoms in total. The first-order valence-electron chi connectivity index (χ1n) is 12.6. The Bertz CT molecular complexity index is 1430. The highest BCUT2D eigenvalue weighted by Gasteiger charge is 2.34. The maximum Gasteiger partial charge on any atom is 0.264 e. The number of anilines is 1. The zero-order valence-electron chi connectivity index (χ0n) is 23.2. The van der Waals surface area contributed by atoms with Crippen LogP contribution in [0.3, 0.4) is 0 Å². The van der Waals surface area contributed by atoms with Crippen LogP contribution in [0.1, 0.15) is 25.0 Å². The summed E-state index contributed by atoms with van der Waals surface area (Å²) in [5, 5.41) is 3.00. The zero-order chi connectivity index (χ0) is 29.4. The highest BCUT2D eigenvalue weighted by molar-refractivity contribution is 7.92. The van der Waals surface area contributed by atoms with Crippen molar-refractivity contribution >= 4 is 39.1 Å². The molecule has 3 rings (SSSR count). The number of ether oxygens (including phenoxy) is 2. The average molecular weight is 588 g/mol. The van der Waals surface area contributed by atoms with Crippen molar-refractivity contribution in [2.45, 2.75) is 38.3 Å². The topological polar surface area (TPSA) is 105 Å². The molecule has 0 aliphatic carbocycles. The van der Waals surface area contributed by atoms with Crippen LogP contribution in [-0.2, 0) is 26.2 Å². The third-order valence-electron chi connectivity index (χ3n) is 6.33. The minimum absolute atomic E-state index is 0.00796. The molecular formula is C29H34ClN3O6S. The summed E-state index contributed by atoms with van der Waals surface area (Å²) in [7, 11) is -1.30. The standard InChI is InChI=1S/C29H34ClN3O6S/c1-6-31-29(35)21(3)32(18-22-9-12-24(38-4)13-10-22)28(34)19-33(26-17-23(30)11-16-27(26)39-5)40(36,37)25-14-7-20(2)8-15-25/h7-17,21H,6,18-19H2,1-5H3,(H,31,35)/t21-/m1/s1. The predicted octanol–water partition coefficient (Wildman–Crippen LogP) is 4.41. The Hall–Kier alpha value is -3.76. The predicted molar refractivity (Wildman–Crippen MR) is 155 cm³/mol. The average Bonchev–Trinajstić information content (AvgIpc) is 2.94. The lowest BCUT2D eigenvalue weighted by atomic mass is 10.1. The van der Waals surface area contributed by atoms with E-state index >= 15 is 0 Å². The zero-order valence-corrected chi connectivity index (χ0v) is 24.8. The SMILES string of the molecule is CCNC(=O)[C@@H](C)N(Cc1ccc(OC)cc1)C(=O)CN(c1cc(Cl)ccc1OC)S(=O)(=O)c1ccc(C)cc1. The summed E-state index contributed by atoms with van der Waals surface area (Å²) >= 11 is 6.26. The molecule has 0 saturated heterocycles. The van der Waals surface area contributed by atoms with Crippen LogP contribution in [0.4, 0.5) is 5.69 Å². The minimum Gasteiger partial charge on any atom is -0.497 e. The van der Waals surface area contributed by atoms with Crippen molar-refractivity contribution in [3.63, 3.8) is 0 Å². The Balaban J connectivity index is 2.09. The number of nitrogens with zero attached hydrogens (tertiary/aromatic N) is 2. The molecule has 11 heteroatoms. The van der Waals surface area contributed by atoms with E-state index in [2.05, 4.69) is 5.32 Å². The molecule has 0 unspecified atom stereocenters. The van der Waals surface area contributed by atoms with Crippen LogP contribution >= 0.6 is 11.6 Å². The van der Waals surface area contributed by atoms with Crippen molar-refractivity contribution in [2.75, 3.05) is 31.6 Å². The number of aryl methyl sites for hydroxylation is 1. The Morgan fingerprint density at radius 3 is 2.20 bits per heavy atom. The van der Waals surface area contributed by atoms with Gasteiger partial charge in [-0.05, 0) is 68.8 Å². The van der Waals surface area contributed by atoms with Gasteiger partial charge in [0.2, 0.25) is 11.8 Å². The maximum atomic E-state index is 14.0. The molecule has 0 heterocycles. The van der Waals surface area contributed by atoms with Crippen molar-refractivity contribution in [2.24, 2.45) is 0 Å². The molecule has 0 radical (unpaired) electrons. The highest BCUT2D eigenvalue weighted by Crippen LogP contribution is 2.35. The summed E-state index contributed by atoms with van der Waals surface area (Å²) in [6, 6.07) is 17.0. The summed E-state index contributed by atoms with van der Waals surface area (Å²) in [6.45, 7) is 5.06. The molecular weight excluding hydrogens is 554 g/mol. The van der Waals surface area contributed by atoms with Crippen molar-refractivity contribution in [3.8, 4) is 11.5 Å². The molecule has 0 aliphatic rings. The van der Waals surface area contributed by atoms with E-state index in [1.165, 1.54) is 36.3 Å². The second-order valence-electron chi connectivity index (χ2n) is 9.08. The van der Waals surface area contributed by atoms with Gasteiger partial charge in [0.1, 0.15) is 24.1 Å². The van der Waals surface area contributed by atoms with Crippen LogP contribution in [0, 0.1) is 6.92 Å². The number of rotatable bonds is 12. The number of methoxy groups -OCH3 is 2. The molecule has 0 bridgehead atoms. The summed E-state index contributed by atoms with van der Waals surface area (Å²) < 4.78 is 39.6. The van der Waals surface area contributed by atoms with Gasteiger partial charge < -0.3 is 19.7 Å². The van der Waals surface area contributed by atoms with Crippen molar-refractivity contribution in [1.29, 1.82) is 0 Å². The van der Waals surface area contributed by atoms with E-state index in [1.807, 2.05) is 6.92 Å². The summed E-state index contributed by atoms with van der Waals surface area (Å²) in [5.41, 5.74) is 1.71. The summed E-state index contributed by atoms with van der Waals surface area (Å²) in [6.07, 6.45) is 0. The van der Waals surface area contributed by atoms with Crippen LogP contribution in [0.5, 0.6) is 11.5 Å². The number of halogens is 1. The molecule has 3 aromatic rings. The van der Waals surface area contributed by atoms with Crippen LogP contribution < -0.4 is 19.1 Å². The Kier molecular flexibility index (Phi) is 10.4. The third kappa shape index (κ3) is 7.25. The molecule has 0 spiro atoms. The Morgan fingerprint density at radius 1 is 0.975 bits per heavy atom. The van der Waals surface area contributed by atoms with Crippen molar-refractivity contribution in [1.82, 2.24) is 10.2 Å². The summed E-state index contributed by atoms with van der Waals surface area (Å²) in [5.74, 6) is -0.0990. The fourth-order valence-corrected chi connectivity index (χ4v) is 5.62. The van der Waals surface area contributed by atoms with Gasteiger partial charge in [-0.1, -0.05) is 41.4 Å². The largest absolute Gasteiger partial charge is 0.497 e. The van der Waals surface area contributed by atoms with Gasteiger partial charge in [-0.15, -0.1) is 0 Å². The number of carbonyl (C=O) groups is 2. The molecule has 214 valence electrons. The maximum absolute atomic E-state index is 14.0. The van der Waals surface area contributed by atoms with Gasteiger partial charge in [0.05, 0.1) is 24.8 Å². The van der Waals surface area contributed by atoms with Gasteiger partial charge in [0, 0.05) is 18.1 Å². The number of hydrogen-bond acceptors (Lipinski definition) is 6. The lowest BCUT2D eigenvalue weighted by Gasteiger charge is -2.32. The van der Waals surface area contributed by atoms with Gasteiger partial charge >= 0.3 is 0 Å². The van der Waals surface area contributed by atoms with Crippen molar-refractivity contribution < 1.29 is 27.5 Å². The second kappa shape index (κ2) is 13.5. The highest BCUT2D eigenvalue weighted by atomic mass is 35.5. The van der Waals surface area contributed by atoms with Crippen molar-refractivity contribution in [3.05, 3.63) is 82.9 Å². The number of hydrogen-bond donors (Lipinski definition) is 1. The molecule has 0 fully saturated rings. The van der Waals surface area contributed by atoms with Gasteiger partial charge in [0.15, 0.2) is 0 Å². The van der Waals surface area contributed by atoms with Crippen LogP contribution in [0.25, 0.3) is 0 Å². The van der Waals surface area contributed by atoms with E-state index in [0.29, 0.717) is 12.3 Å². The van der Waals surface area contributed by atoms with E-state index < -0.39 is 28.5 Å². The fraction of sp³-hybridized carbons (Fsp3) is 0.310. The molecule has 1 N–H and O–H groups in total. The molecule has 0 aromatic heterocycles. The number of likely N-dealkylation sites (N-methyl/N-ethyl adjacent to an activating group) is 1. The smallest absolute Gasteiger partial charge is 0.264 e. The second-order valence-corrected chi connectivity index (χ2v) is 11.4.